The molecule has 0 spiro atoms. The Kier molecular flexibility index (Phi) is 21.9. The number of carbonyl (C=O) groups excluding carboxylic acids is 5. The van der Waals surface area contributed by atoms with Gasteiger partial charge in [0.2, 0.25) is 29.5 Å². The zero-order chi connectivity index (χ0) is 33.5. The van der Waals surface area contributed by atoms with Crippen molar-refractivity contribution in [3.05, 3.63) is 0 Å². The molecule has 17 nitrogen and oxygen atoms in total. The molecule has 0 unspecified atom stereocenters. The van der Waals surface area contributed by atoms with E-state index < -0.39 is 39.6 Å². The summed E-state index contributed by atoms with van der Waals surface area (Å²) in [7, 11) is -4.54. The Hall–Kier alpha value is -2.90. The third-order valence-corrected chi connectivity index (χ3v) is 7.11. The van der Waals surface area contributed by atoms with E-state index >= 15 is 0 Å². The van der Waals surface area contributed by atoms with Gasteiger partial charge in [-0.25, -0.2) is 15.2 Å². The lowest BCUT2D eigenvalue weighted by atomic mass is 10.2. The Balaban J connectivity index is 4.32. The van der Waals surface area contributed by atoms with Crippen molar-refractivity contribution in [2.45, 2.75) is 90.4 Å². The van der Waals surface area contributed by atoms with E-state index in [4.69, 9.17) is 5.73 Å². The number of nitrogens with one attached hydrogen (secondary N) is 1. The summed E-state index contributed by atoms with van der Waals surface area (Å²) in [6.45, 7) is 2.27. The van der Waals surface area contributed by atoms with Crippen LogP contribution in [0.15, 0.2) is 0 Å². The number of hydrogen-bond donors (Lipinski definition) is 6. The topological polar surface area (TPSA) is 251 Å². The molecule has 0 aromatic rings. The summed E-state index contributed by atoms with van der Waals surface area (Å²) < 4.78 is 32.0. The Morgan fingerprint density at radius 2 is 1.09 bits per heavy atom. The first kappa shape index (κ1) is 41.1. The standard InChI is InChI=1S/C26H50N6O11S/c1-22(33)30(38)18-9-3-6-16-28-23(34)11-12-25(36)31(39)20-10-4-7-17-29(21-44(41,42)43)24(35)13-14-26(37)32(40)19-8-2-5-15-27/h38-40H,2-21,27H2,1H3,(H,28,34)(H,41,42,43). The first-order valence-corrected chi connectivity index (χ1v) is 16.4. The lowest BCUT2D eigenvalue weighted by molar-refractivity contribution is -0.166. The molecule has 7 N–H and O–H groups in total. The highest BCUT2D eigenvalue weighted by Gasteiger charge is 2.21. The van der Waals surface area contributed by atoms with Crippen LogP contribution < -0.4 is 11.1 Å². The van der Waals surface area contributed by atoms with Gasteiger partial charge in [0, 0.05) is 65.3 Å². The number of carbonyl (C=O) groups is 5. The average molecular weight is 655 g/mol. The van der Waals surface area contributed by atoms with Gasteiger partial charge < -0.3 is 16.0 Å². The van der Waals surface area contributed by atoms with Crippen molar-refractivity contribution in [1.29, 1.82) is 0 Å². The highest BCUT2D eigenvalue weighted by Crippen LogP contribution is 2.08. The van der Waals surface area contributed by atoms with E-state index in [1.165, 1.54) is 6.92 Å². The van der Waals surface area contributed by atoms with Crippen molar-refractivity contribution in [2.24, 2.45) is 5.73 Å². The van der Waals surface area contributed by atoms with Gasteiger partial charge in [0.1, 0.15) is 5.88 Å². The third kappa shape index (κ3) is 21.7. The van der Waals surface area contributed by atoms with Gasteiger partial charge in [0.15, 0.2) is 0 Å². The molecule has 5 amide bonds. The van der Waals surface area contributed by atoms with Crippen molar-refractivity contribution in [2.75, 3.05) is 45.1 Å². The van der Waals surface area contributed by atoms with E-state index in [0.717, 1.165) is 17.7 Å². The molecule has 0 fully saturated rings. The van der Waals surface area contributed by atoms with Gasteiger partial charge in [0.25, 0.3) is 10.1 Å². The Morgan fingerprint density at radius 1 is 0.636 bits per heavy atom. The van der Waals surface area contributed by atoms with Crippen molar-refractivity contribution < 1.29 is 52.6 Å². The molecule has 0 aliphatic rings. The zero-order valence-electron chi connectivity index (χ0n) is 25.6. The molecule has 0 bridgehead atoms. The van der Waals surface area contributed by atoms with Crippen LogP contribution >= 0.6 is 0 Å². The number of unbranched alkanes of at least 4 members (excludes halogenated alkanes) is 6. The molecule has 0 heterocycles. The molecule has 18 heteroatoms. The second kappa shape index (κ2) is 23.5. The highest BCUT2D eigenvalue weighted by molar-refractivity contribution is 7.85. The minimum Gasteiger partial charge on any atom is -0.356 e. The van der Waals surface area contributed by atoms with E-state index in [-0.39, 0.29) is 64.2 Å². The second-order valence-electron chi connectivity index (χ2n) is 10.4. The highest BCUT2D eigenvalue weighted by atomic mass is 32.2. The van der Waals surface area contributed by atoms with E-state index in [9.17, 15) is 52.6 Å². The van der Waals surface area contributed by atoms with Crippen molar-refractivity contribution in [1.82, 2.24) is 25.4 Å². The van der Waals surface area contributed by atoms with E-state index in [1.807, 2.05) is 0 Å². The molecule has 256 valence electrons. The second-order valence-corrected chi connectivity index (χ2v) is 11.8. The summed E-state index contributed by atoms with van der Waals surface area (Å²) in [5, 5.41) is 33.3. The van der Waals surface area contributed by atoms with Crippen LogP contribution in [-0.4, -0.2) is 123 Å². The molecule has 0 atom stereocenters. The molecule has 44 heavy (non-hydrogen) atoms. The SMILES string of the molecule is CC(=O)N(O)CCCCCNC(=O)CCC(=O)N(O)CCCCCN(CS(=O)(=O)O)C(=O)CCC(=O)N(O)CCCCCN. The average Bonchev–Trinajstić information content (AvgIpc) is 2.96. The van der Waals surface area contributed by atoms with Gasteiger partial charge in [-0.05, 0) is 57.9 Å². The number of hydrogen-bond acceptors (Lipinski definition) is 11. The number of hydroxylamine groups is 6. The Morgan fingerprint density at radius 3 is 1.61 bits per heavy atom. The number of rotatable bonds is 25. The molecular formula is C26H50N6O11S. The molecular weight excluding hydrogens is 604 g/mol. The summed E-state index contributed by atoms with van der Waals surface area (Å²) in [4.78, 5) is 60.4. The normalized spacial score (nSPS) is 11.1. The lowest BCUT2D eigenvalue weighted by Gasteiger charge is -2.22. The summed E-state index contributed by atoms with van der Waals surface area (Å²) in [6, 6.07) is 0. The van der Waals surface area contributed by atoms with Gasteiger partial charge in [-0.2, -0.15) is 8.42 Å². The fourth-order valence-corrected chi connectivity index (χ4v) is 4.59. The number of nitrogens with zero attached hydrogens (tertiary/aromatic N) is 4. The van der Waals surface area contributed by atoms with Crippen LogP contribution in [0, 0.1) is 0 Å². The maximum Gasteiger partial charge on any atom is 0.283 e. The molecule has 0 rings (SSSR count). The number of nitrogens with two attached hydrogens (primary N) is 1. The van der Waals surface area contributed by atoms with Crippen LogP contribution in [-0.2, 0) is 34.1 Å². The van der Waals surface area contributed by atoms with E-state index in [1.54, 1.807) is 0 Å². The van der Waals surface area contributed by atoms with Gasteiger partial charge in [0.05, 0.1) is 0 Å². The Labute approximate surface area is 258 Å². The van der Waals surface area contributed by atoms with Crippen molar-refractivity contribution >= 4 is 39.7 Å². The zero-order valence-corrected chi connectivity index (χ0v) is 26.4. The summed E-state index contributed by atoms with van der Waals surface area (Å²) in [5.74, 6) is -3.82. The molecule has 0 saturated carbocycles. The van der Waals surface area contributed by atoms with Gasteiger partial charge in [-0.3, -0.25) is 44.1 Å². The monoisotopic (exact) mass is 654 g/mol. The predicted molar refractivity (Wildman–Crippen MR) is 156 cm³/mol. The quantitative estimate of drug-likeness (QED) is 0.0340. The minimum atomic E-state index is -4.54. The number of amides is 5. The Bertz CT molecular complexity index is 999. The first-order valence-electron chi connectivity index (χ1n) is 14.8. The molecule has 0 radical (unpaired) electrons. The minimum absolute atomic E-state index is 0.0546. The largest absolute Gasteiger partial charge is 0.356 e. The fourth-order valence-electron chi connectivity index (χ4n) is 3.92. The van der Waals surface area contributed by atoms with Crippen LogP contribution in [0.5, 0.6) is 0 Å². The van der Waals surface area contributed by atoms with Gasteiger partial charge in [-0.1, -0.05) is 6.42 Å². The van der Waals surface area contributed by atoms with Gasteiger partial charge >= 0.3 is 0 Å². The molecule has 0 aliphatic carbocycles. The van der Waals surface area contributed by atoms with Crippen LogP contribution in [0.3, 0.4) is 0 Å². The van der Waals surface area contributed by atoms with Crippen LogP contribution in [0.1, 0.15) is 90.4 Å². The first-order chi connectivity index (χ1) is 20.7. The van der Waals surface area contributed by atoms with Crippen LogP contribution in [0.2, 0.25) is 0 Å². The maximum atomic E-state index is 12.5. The molecule has 0 aromatic carbocycles. The smallest absolute Gasteiger partial charge is 0.283 e. The lowest BCUT2D eigenvalue weighted by Crippen LogP contribution is -2.37. The van der Waals surface area contributed by atoms with Crippen LogP contribution in [0.25, 0.3) is 0 Å². The summed E-state index contributed by atoms with van der Waals surface area (Å²) in [5.41, 5.74) is 5.39. The summed E-state index contributed by atoms with van der Waals surface area (Å²) in [6.07, 6.45) is 3.78. The maximum absolute atomic E-state index is 12.5. The molecule has 0 aliphatic heterocycles. The van der Waals surface area contributed by atoms with E-state index in [2.05, 4.69) is 5.32 Å². The van der Waals surface area contributed by atoms with Crippen molar-refractivity contribution in [3.63, 3.8) is 0 Å². The fraction of sp³-hybridized carbons (Fsp3) is 0.808. The predicted octanol–water partition coefficient (Wildman–Crippen LogP) is 0.480. The van der Waals surface area contributed by atoms with E-state index in [0.29, 0.717) is 66.8 Å². The third-order valence-electron chi connectivity index (χ3n) is 6.47. The van der Waals surface area contributed by atoms with Crippen molar-refractivity contribution in [3.8, 4) is 0 Å². The summed E-state index contributed by atoms with van der Waals surface area (Å²) >= 11 is 0. The molecule has 0 saturated heterocycles. The van der Waals surface area contributed by atoms with Gasteiger partial charge in [-0.15, -0.1) is 0 Å². The van der Waals surface area contributed by atoms with Crippen LogP contribution in [0.4, 0.5) is 0 Å². The molecule has 0 aromatic heterocycles.